The van der Waals surface area contributed by atoms with Crippen LogP contribution in [-0.2, 0) is 9.59 Å². The number of para-hydroxylation sites is 1. The maximum Gasteiger partial charge on any atom is 0.247 e. The lowest BCUT2D eigenvalue weighted by molar-refractivity contribution is -0.121. The largest absolute Gasteiger partial charge is 0.332 e. The van der Waals surface area contributed by atoms with Gasteiger partial charge in [-0.1, -0.05) is 47.5 Å². The lowest BCUT2D eigenvalue weighted by Crippen LogP contribution is -2.31. The Morgan fingerprint density at radius 1 is 0.906 bits per heavy atom. The van der Waals surface area contributed by atoms with E-state index in [-0.39, 0.29) is 18.2 Å². The second kappa shape index (κ2) is 9.92. The summed E-state index contributed by atoms with van der Waals surface area (Å²) >= 11 is 18.7. The van der Waals surface area contributed by atoms with Crippen LogP contribution in [0.1, 0.15) is 6.42 Å². The molecular formula is C23H17Cl2N3O2S2. The molecular weight excluding hydrogens is 485 g/mol. The third-order valence-corrected chi connectivity index (χ3v) is 6.79. The van der Waals surface area contributed by atoms with Crippen molar-refractivity contribution >= 4 is 81.2 Å². The zero-order valence-corrected chi connectivity index (χ0v) is 19.7. The zero-order chi connectivity index (χ0) is 22.7. The molecule has 2 amide bonds. The van der Waals surface area contributed by atoms with Crippen molar-refractivity contribution in [2.24, 2.45) is 0 Å². The van der Waals surface area contributed by atoms with Crippen LogP contribution in [-0.4, -0.2) is 22.2 Å². The van der Waals surface area contributed by atoms with E-state index in [1.165, 1.54) is 22.7 Å². The SMILES string of the molecule is O=C1CC(Sc2cccc(NC(=S)Nc3ccccc3)c2)C(=O)N1c1ccc(Cl)c(Cl)c1. The number of carbonyl (C=O) groups is 2. The molecule has 0 saturated carbocycles. The summed E-state index contributed by atoms with van der Waals surface area (Å²) < 4.78 is 0. The van der Waals surface area contributed by atoms with Crippen LogP contribution in [0, 0.1) is 0 Å². The molecule has 0 bridgehead atoms. The van der Waals surface area contributed by atoms with Crippen molar-refractivity contribution in [2.75, 3.05) is 15.5 Å². The van der Waals surface area contributed by atoms with Crippen LogP contribution in [0.3, 0.4) is 0 Å². The van der Waals surface area contributed by atoms with Gasteiger partial charge in [0.1, 0.15) is 0 Å². The van der Waals surface area contributed by atoms with Crippen molar-refractivity contribution in [1.82, 2.24) is 0 Å². The summed E-state index contributed by atoms with van der Waals surface area (Å²) in [6.07, 6.45) is 0.107. The van der Waals surface area contributed by atoms with Gasteiger partial charge in [-0.25, -0.2) is 4.90 Å². The van der Waals surface area contributed by atoms with Gasteiger partial charge in [0.15, 0.2) is 5.11 Å². The molecule has 162 valence electrons. The van der Waals surface area contributed by atoms with E-state index in [9.17, 15) is 9.59 Å². The number of imide groups is 1. The van der Waals surface area contributed by atoms with Crippen LogP contribution >= 0.6 is 47.2 Å². The van der Waals surface area contributed by atoms with Gasteiger partial charge in [0.25, 0.3) is 0 Å². The van der Waals surface area contributed by atoms with E-state index >= 15 is 0 Å². The fraction of sp³-hybridized carbons (Fsp3) is 0.0870. The monoisotopic (exact) mass is 501 g/mol. The molecule has 1 fully saturated rings. The maximum atomic E-state index is 12.9. The van der Waals surface area contributed by atoms with E-state index in [0.29, 0.717) is 20.8 Å². The Kier molecular flexibility index (Phi) is 7.01. The molecule has 1 heterocycles. The van der Waals surface area contributed by atoms with Crippen LogP contribution in [0.5, 0.6) is 0 Å². The number of amides is 2. The summed E-state index contributed by atoms with van der Waals surface area (Å²) in [7, 11) is 0. The third-order valence-electron chi connectivity index (χ3n) is 4.67. The predicted molar refractivity (Wildman–Crippen MR) is 136 cm³/mol. The molecule has 3 aromatic rings. The third kappa shape index (κ3) is 5.24. The first-order valence-electron chi connectivity index (χ1n) is 9.62. The Hall–Kier alpha value is -2.58. The number of benzene rings is 3. The summed E-state index contributed by atoms with van der Waals surface area (Å²) in [5.41, 5.74) is 2.08. The highest BCUT2D eigenvalue weighted by Crippen LogP contribution is 2.36. The first-order chi connectivity index (χ1) is 15.4. The summed E-state index contributed by atoms with van der Waals surface area (Å²) in [5, 5.41) is 6.84. The lowest BCUT2D eigenvalue weighted by Gasteiger charge is -2.16. The van der Waals surface area contributed by atoms with Crippen molar-refractivity contribution in [3.8, 4) is 0 Å². The minimum absolute atomic E-state index is 0.107. The minimum Gasteiger partial charge on any atom is -0.332 e. The van der Waals surface area contributed by atoms with Gasteiger partial charge >= 0.3 is 0 Å². The van der Waals surface area contributed by atoms with Crippen LogP contribution in [0.15, 0.2) is 77.7 Å². The van der Waals surface area contributed by atoms with Crippen LogP contribution < -0.4 is 15.5 Å². The predicted octanol–water partition coefficient (Wildman–Crippen LogP) is 6.23. The molecule has 0 spiro atoms. The number of anilines is 3. The van der Waals surface area contributed by atoms with Gasteiger partial charge in [-0.15, -0.1) is 11.8 Å². The van der Waals surface area contributed by atoms with E-state index in [1.807, 2.05) is 54.6 Å². The smallest absolute Gasteiger partial charge is 0.247 e. The normalized spacial score (nSPS) is 15.7. The highest BCUT2D eigenvalue weighted by Gasteiger charge is 2.40. The van der Waals surface area contributed by atoms with Gasteiger partial charge in [0.2, 0.25) is 11.8 Å². The second-order valence-electron chi connectivity index (χ2n) is 6.95. The number of halogens is 2. The molecule has 9 heteroatoms. The fourth-order valence-corrected chi connectivity index (χ4v) is 4.86. The maximum absolute atomic E-state index is 12.9. The van der Waals surface area contributed by atoms with E-state index in [0.717, 1.165) is 16.3 Å². The number of thiocarbonyl (C=S) groups is 1. The average Bonchev–Trinajstić information content (AvgIpc) is 3.04. The van der Waals surface area contributed by atoms with E-state index < -0.39 is 5.25 Å². The number of rotatable bonds is 5. The molecule has 4 rings (SSSR count). The number of thioether (sulfide) groups is 1. The van der Waals surface area contributed by atoms with Gasteiger partial charge < -0.3 is 10.6 Å². The Morgan fingerprint density at radius 2 is 1.62 bits per heavy atom. The molecule has 0 aromatic heterocycles. The quantitative estimate of drug-likeness (QED) is 0.319. The van der Waals surface area contributed by atoms with Crippen molar-refractivity contribution < 1.29 is 9.59 Å². The summed E-state index contributed by atoms with van der Waals surface area (Å²) in [6.45, 7) is 0. The van der Waals surface area contributed by atoms with Gasteiger partial charge in [0.05, 0.1) is 21.0 Å². The molecule has 1 atom stereocenters. The van der Waals surface area contributed by atoms with Crippen LogP contribution in [0.4, 0.5) is 17.1 Å². The van der Waals surface area contributed by atoms with E-state index in [2.05, 4.69) is 10.6 Å². The van der Waals surface area contributed by atoms with Gasteiger partial charge in [0, 0.05) is 22.7 Å². The Labute approximate surface area is 205 Å². The molecule has 1 aliphatic rings. The van der Waals surface area contributed by atoms with Gasteiger partial charge in [-0.2, -0.15) is 0 Å². The molecule has 1 aliphatic heterocycles. The molecule has 0 aliphatic carbocycles. The molecule has 0 radical (unpaired) electrons. The highest BCUT2D eigenvalue weighted by atomic mass is 35.5. The van der Waals surface area contributed by atoms with E-state index in [4.69, 9.17) is 35.4 Å². The number of nitrogens with one attached hydrogen (secondary N) is 2. The van der Waals surface area contributed by atoms with Gasteiger partial charge in [-0.3, -0.25) is 9.59 Å². The molecule has 5 nitrogen and oxygen atoms in total. The Bertz CT molecular complexity index is 1190. The molecule has 3 aromatic carbocycles. The first kappa shape index (κ1) is 22.6. The highest BCUT2D eigenvalue weighted by molar-refractivity contribution is 8.00. The lowest BCUT2D eigenvalue weighted by atomic mass is 10.3. The van der Waals surface area contributed by atoms with Gasteiger partial charge in [-0.05, 0) is 60.7 Å². The number of hydrogen-bond acceptors (Lipinski definition) is 4. The molecule has 1 unspecified atom stereocenters. The van der Waals surface area contributed by atoms with Crippen molar-refractivity contribution in [3.05, 3.63) is 82.8 Å². The Morgan fingerprint density at radius 3 is 2.38 bits per heavy atom. The van der Waals surface area contributed by atoms with Crippen molar-refractivity contribution in [3.63, 3.8) is 0 Å². The number of nitrogens with zero attached hydrogens (tertiary/aromatic N) is 1. The van der Waals surface area contributed by atoms with Crippen molar-refractivity contribution in [1.29, 1.82) is 0 Å². The number of carbonyl (C=O) groups excluding carboxylic acids is 2. The summed E-state index contributed by atoms with van der Waals surface area (Å²) in [6, 6.07) is 21.9. The molecule has 2 N–H and O–H groups in total. The fourth-order valence-electron chi connectivity index (χ4n) is 3.22. The first-order valence-corrected chi connectivity index (χ1v) is 11.7. The summed E-state index contributed by atoms with van der Waals surface area (Å²) in [4.78, 5) is 27.5. The average molecular weight is 502 g/mol. The molecule has 32 heavy (non-hydrogen) atoms. The van der Waals surface area contributed by atoms with E-state index in [1.54, 1.807) is 12.1 Å². The van der Waals surface area contributed by atoms with Crippen LogP contribution in [0.2, 0.25) is 10.0 Å². The number of hydrogen-bond donors (Lipinski definition) is 2. The summed E-state index contributed by atoms with van der Waals surface area (Å²) in [5.74, 6) is -0.550. The standard InChI is InChI=1S/C23H17Cl2N3O2S2/c24-18-10-9-16(12-19(18)25)28-21(29)13-20(22(28)30)32-17-8-4-7-15(11-17)27-23(31)26-14-5-2-1-3-6-14/h1-12,20H,13H2,(H2,26,27,31). The zero-order valence-electron chi connectivity index (χ0n) is 16.5. The van der Waals surface area contributed by atoms with Crippen LogP contribution in [0.25, 0.3) is 0 Å². The topological polar surface area (TPSA) is 61.4 Å². The Balaban J connectivity index is 1.43. The minimum atomic E-state index is -0.526. The molecule has 1 saturated heterocycles. The second-order valence-corrected chi connectivity index (χ2v) is 9.45. The van der Waals surface area contributed by atoms with Crippen molar-refractivity contribution in [2.45, 2.75) is 16.6 Å².